The number of nitrogens with one attached hydrogen (secondary N) is 1. The lowest BCUT2D eigenvalue weighted by Crippen LogP contribution is -2.49. The summed E-state index contributed by atoms with van der Waals surface area (Å²) in [6.07, 6.45) is -0.854. The van der Waals surface area contributed by atoms with Crippen molar-refractivity contribution in [3.63, 3.8) is 0 Å². The Balaban J connectivity index is 0.955. The van der Waals surface area contributed by atoms with Gasteiger partial charge in [0.15, 0.2) is 0 Å². The predicted octanol–water partition coefficient (Wildman–Crippen LogP) is 7.79. The number of hydrogen-bond donors (Lipinski definition) is 1. The second-order valence-corrected chi connectivity index (χ2v) is 14.6. The van der Waals surface area contributed by atoms with E-state index in [1.807, 2.05) is 115 Å². The van der Waals surface area contributed by atoms with E-state index in [0.717, 1.165) is 85.5 Å². The molecule has 278 valence electrons. The van der Waals surface area contributed by atoms with Crippen molar-refractivity contribution in [3.05, 3.63) is 125 Å². The Hall–Kier alpha value is -4.67. The lowest BCUT2D eigenvalue weighted by molar-refractivity contribution is -0.141. The number of ether oxygens (including phenoxy) is 1. The average Bonchev–Trinajstić information content (AvgIpc) is 3.75. The molecule has 2 amide bonds. The van der Waals surface area contributed by atoms with Gasteiger partial charge in [0, 0.05) is 50.6 Å². The van der Waals surface area contributed by atoms with Crippen molar-refractivity contribution in [1.29, 1.82) is 0 Å². The molecule has 2 heterocycles. The normalized spacial score (nSPS) is 19.4. The van der Waals surface area contributed by atoms with Gasteiger partial charge in [0.25, 0.3) is 5.91 Å². The molecule has 1 atom stereocenters. The Morgan fingerprint density at radius 2 is 1.43 bits per heavy atom. The number of rotatable bonds is 12. The van der Waals surface area contributed by atoms with Crippen LogP contribution in [0.4, 0.5) is 18.9 Å². The molecule has 0 radical (unpaired) electrons. The first-order valence-electron chi connectivity index (χ1n) is 18.7. The number of carbonyl (C=O) groups excluding carboxylic acids is 2. The molecule has 4 aromatic rings. The molecule has 0 bridgehead atoms. The van der Waals surface area contributed by atoms with Crippen LogP contribution in [0.1, 0.15) is 66.1 Å². The Morgan fingerprint density at radius 1 is 0.811 bits per heavy atom. The van der Waals surface area contributed by atoms with Crippen molar-refractivity contribution in [2.45, 2.75) is 62.9 Å². The van der Waals surface area contributed by atoms with Crippen LogP contribution in [-0.2, 0) is 21.5 Å². The van der Waals surface area contributed by atoms with Crippen LogP contribution in [0.3, 0.4) is 0 Å². The van der Waals surface area contributed by atoms with Crippen molar-refractivity contribution in [2.75, 3.05) is 50.8 Å². The first-order chi connectivity index (χ1) is 25.6. The molecule has 2 saturated heterocycles. The monoisotopic (exact) mass is 724 g/mol. The van der Waals surface area contributed by atoms with E-state index in [-0.39, 0.29) is 5.91 Å². The third kappa shape index (κ3) is 7.71. The number of amides is 2. The smallest absolute Gasteiger partial charge is 0.369 e. The number of fused-ring (bicyclic) bond motifs is 3. The number of hydrogen-bond acceptors (Lipinski definition) is 5. The molecular weight excluding hydrogens is 677 g/mol. The van der Waals surface area contributed by atoms with Gasteiger partial charge >= 0.3 is 6.18 Å². The van der Waals surface area contributed by atoms with Crippen LogP contribution in [-0.4, -0.2) is 79.4 Å². The highest BCUT2D eigenvalue weighted by molar-refractivity contribution is 6.00. The van der Waals surface area contributed by atoms with Crippen LogP contribution in [0.2, 0.25) is 0 Å². The SMILES string of the molecule is CC1(N(Cc2ccccc2)C(=O)c2ccc(N3CCN(CCCCC4(C(=O)NCC(F)(F)F)c5ccccc5-c5ccccc54)CC3)cc2)CCCO1. The molecule has 7 rings (SSSR count). The molecule has 0 spiro atoms. The highest BCUT2D eigenvalue weighted by Gasteiger charge is 2.49. The van der Waals surface area contributed by atoms with E-state index >= 15 is 0 Å². The maximum absolute atomic E-state index is 13.9. The third-order valence-electron chi connectivity index (χ3n) is 11.2. The van der Waals surface area contributed by atoms with Gasteiger partial charge in [-0.25, -0.2) is 0 Å². The summed E-state index contributed by atoms with van der Waals surface area (Å²) in [5.41, 5.74) is 4.30. The van der Waals surface area contributed by atoms with Crippen LogP contribution in [0.15, 0.2) is 103 Å². The molecule has 0 aromatic heterocycles. The Labute approximate surface area is 309 Å². The summed E-state index contributed by atoms with van der Waals surface area (Å²) in [4.78, 5) is 34.3. The number of unbranched alkanes of at least 4 members (excludes halogenated alkanes) is 1. The number of halogens is 3. The van der Waals surface area contributed by atoms with E-state index in [2.05, 4.69) is 15.1 Å². The maximum atomic E-state index is 13.9. The molecule has 1 N–H and O–H groups in total. The second-order valence-electron chi connectivity index (χ2n) is 14.6. The van der Waals surface area contributed by atoms with Crippen molar-refractivity contribution in [1.82, 2.24) is 15.1 Å². The van der Waals surface area contributed by atoms with Gasteiger partial charge in [-0.2, -0.15) is 13.2 Å². The number of anilines is 1. The maximum Gasteiger partial charge on any atom is 0.405 e. The summed E-state index contributed by atoms with van der Waals surface area (Å²) in [5, 5.41) is 2.23. The summed E-state index contributed by atoms with van der Waals surface area (Å²) in [6, 6.07) is 33.1. The van der Waals surface area contributed by atoms with Crippen molar-refractivity contribution < 1.29 is 27.5 Å². The summed E-state index contributed by atoms with van der Waals surface area (Å²) in [7, 11) is 0. The highest BCUT2D eigenvalue weighted by atomic mass is 19.4. The van der Waals surface area contributed by atoms with Gasteiger partial charge in [0.2, 0.25) is 5.91 Å². The minimum atomic E-state index is -4.50. The van der Waals surface area contributed by atoms with E-state index in [9.17, 15) is 22.8 Å². The number of piperazine rings is 1. The van der Waals surface area contributed by atoms with Gasteiger partial charge in [-0.3, -0.25) is 14.5 Å². The Kier molecular flexibility index (Phi) is 10.6. The highest BCUT2D eigenvalue weighted by Crippen LogP contribution is 2.51. The fourth-order valence-corrected chi connectivity index (χ4v) is 8.41. The van der Waals surface area contributed by atoms with Gasteiger partial charge < -0.3 is 19.9 Å². The predicted molar refractivity (Wildman–Crippen MR) is 201 cm³/mol. The largest absolute Gasteiger partial charge is 0.405 e. The quantitative estimate of drug-likeness (QED) is 0.151. The van der Waals surface area contributed by atoms with E-state index in [1.165, 1.54) is 0 Å². The van der Waals surface area contributed by atoms with Crippen molar-refractivity contribution in [3.8, 4) is 11.1 Å². The van der Waals surface area contributed by atoms with Crippen LogP contribution in [0.25, 0.3) is 11.1 Å². The zero-order valence-electron chi connectivity index (χ0n) is 30.2. The summed E-state index contributed by atoms with van der Waals surface area (Å²) < 4.78 is 45.8. The summed E-state index contributed by atoms with van der Waals surface area (Å²) >= 11 is 0. The molecule has 1 unspecified atom stereocenters. The fraction of sp³-hybridized carbons (Fsp3) is 0.395. The fourth-order valence-electron chi connectivity index (χ4n) is 8.41. The zero-order valence-corrected chi connectivity index (χ0v) is 30.2. The first kappa shape index (κ1) is 36.7. The summed E-state index contributed by atoms with van der Waals surface area (Å²) in [5.74, 6) is -0.641. The lowest BCUT2D eigenvalue weighted by atomic mass is 9.73. The molecule has 2 fully saturated rings. The van der Waals surface area contributed by atoms with E-state index in [0.29, 0.717) is 31.6 Å². The van der Waals surface area contributed by atoms with E-state index < -0.39 is 29.8 Å². The minimum Gasteiger partial charge on any atom is -0.369 e. The topological polar surface area (TPSA) is 65.1 Å². The molecule has 0 saturated carbocycles. The Morgan fingerprint density at radius 3 is 2.04 bits per heavy atom. The van der Waals surface area contributed by atoms with E-state index in [4.69, 9.17) is 4.74 Å². The van der Waals surface area contributed by atoms with Crippen LogP contribution in [0, 0.1) is 0 Å². The van der Waals surface area contributed by atoms with Gasteiger partial charge in [0.1, 0.15) is 17.7 Å². The zero-order chi connectivity index (χ0) is 37.1. The molecule has 53 heavy (non-hydrogen) atoms. The van der Waals surface area contributed by atoms with Crippen LogP contribution >= 0.6 is 0 Å². The van der Waals surface area contributed by atoms with Crippen LogP contribution < -0.4 is 10.2 Å². The minimum absolute atomic E-state index is 0.0428. The number of carbonyl (C=O) groups is 2. The molecule has 1 aliphatic carbocycles. The van der Waals surface area contributed by atoms with Gasteiger partial charge in [-0.05, 0) is 91.2 Å². The van der Waals surface area contributed by atoms with Crippen LogP contribution in [0.5, 0.6) is 0 Å². The van der Waals surface area contributed by atoms with Gasteiger partial charge in [-0.1, -0.05) is 85.3 Å². The molecule has 2 aliphatic heterocycles. The lowest BCUT2D eigenvalue weighted by Gasteiger charge is -2.38. The molecule has 3 aliphatic rings. The Bertz CT molecular complexity index is 1840. The first-order valence-corrected chi connectivity index (χ1v) is 18.7. The molecule has 10 heteroatoms. The molecule has 4 aromatic carbocycles. The van der Waals surface area contributed by atoms with Crippen molar-refractivity contribution in [2.24, 2.45) is 0 Å². The number of alkyl halides is 3. The van der Waals surface area contributed by atoms with E-state index in [1.54, 1.807) is 0 Å². The van der Waals surface area contributed by atoms with Crippen molar-refractivity contribution >= 4 is 17.5 Å². The second kappa shape index (κ2) is 15.4. The summed E-state index contributed by atoms with van der Waals surface area (Å²) in [6.45, 7) is 6.02. The third-order valence-corrected chi connectivity index (χ3v) is 11.2. The molecular formula is C43H47F3N4O3. The number of nitrogens with zero attached hydrogens (tertiary/aromatic N) is 3. The number of benzene rings is 4. The average molecular weight is 725 g/mol. The molecule has 7 nitrogen and oxygen atoms in total. The standard InChI is InChI=1S/C43H47F3N4O3/c1-41(22-11-29-53-41)50(30-32-12-3-2-4-13-32)39(51)33-18-20-34(21-19-33)49-27-25-48(26-28-49)24-10-9-23-42(40(52)47-31-43(44,45)46)37-16-7-5-14-35(37)36-15-6-8-17-38(36)42/h2-8,12-21H,9-11,22-31H2,1H3,(H,47,52). The van der Waals surface area contributed by atoms with Gasteiger partial charge in [0.05, 0.1) is 0 Å². The van der Waals surface area contributed by atoms with Gasteiger partial charge in [-0.15, -0.1) is 0 Å².